The van der Waals surface area contributed by atoms with Crippen molar-refractivity contribution in [3.8, 4) is 0 Å². The number of nitrogens with two attached hydrogens (primary N) is 1. The molecule has 3 unspecified atom stereocenters. The first-order valence-corrected chi connectivity index (χ1v) is 5.89. The van der Waals surface area contributed by atoms with Crippen LogP contribution >= 0.6 is 0 Å². The first-order chi connectivity index (χ1) is 7.09. The van der Waals surface area contributed by atoms with Crippen LogP contribution in [0.25, 0.3) is 0 Å². The Hall–Kier alpha value is -0.610. The predicted molar refractivity (Wildman–Crippen MR) is 59.4 cm³/mol. The lowest BCUT2D eigenvalue weighted by molar-refractivity contribution is -0.137. The van der Waals surface area contributed by atoms with Crippen molar-refractivity contribution >= 4 is 5.91 Å². The molecule has 2 rings (SSSR count). The van der Waals surface area contributed by atoms with E-state index in [-0.39, 0.29) is 11.9 Å². The largest absolute Gasteiger partial charge is 0.336 e. The van der Waals surface area contributed by atoms with Crippen LogP contribution in [-0.2, 0) is 4.79 Å². The van der Waals surface area contributed by atoms with E-state index in [1.165, 1.54) is 19.4 Å². The van der Waals surface area contributed by atoms with Crippen molar-refractivity contribution in [3.63, 3.8) is 0 Å². The molecule has 0 aromatic heterocycles. The van der Waals surface area contributed by atoms with Crippen LogP contribution in [-0.4, -0.2) is 53.5 Å². The Labute approximate surface area is 91.4 Å². The lowest BCUT2D eigenvalue weighted by Crippen LogP contribution is -2.59. The first kappa shape index (κ1) is 10.9. The lowest BCUT2D eigenvalue weighted by Gasteiger charge is -2.42. The van der Waals surface area contributed by atoms with E-state index in [1.807, 2.05) is 4.90 Å². The molecule has 0 spiro atoms. The van der Waals surface area contributed by atoms with Crippen LogP contribution in [0.5, 0.6) is 0 Å². The van der Waals surface area contributed by atoms with E-state index in [2.05, 4.69) is 11.8 Å². The fourth-order valence-corrected chi connectivity index (χ4v) is 2.76. The number of nitrogens with zero attached hydrogens (tertiary/aromatic N) is 2. The monoisotopic (exact) mass is 211 g/mol. The van der Waals surface area contributed by atoms with Gasteiger partial charge in [-0.05, 0) is 33.2 Å². The third-order valence-electron chi connectivity index (χ3n) is 3.61. The highest BCUT2D eigenvalue weighted by molar-refractivity contribution is 5.81. The van der Waals surface area contributed by atoms with Gasteiger partial charge in [-0.3, -0.25) is 9.69 Å². The topological polar surface area (TPSA) is 49.6 Å². The summed E-state index contributed by atoms with van der Waals surface area (Å²) >= 11 is 0. The number of hydrogen-bond acceptors (Lipinski definition) is 3. The van der Waals surface area contributed by atoms with E-state index in [1.54, 1.807) is 6.92 Å². The summed E-state index contributed by atoms with van der Waals surface area (Å²) in [5.74, 6) is 0.106. The molecule has 0 aliphatic carbocycles. The normalized spacial score (nSPS) is 33.9. The molecule has 2 aliphatic rings. The summed E-state index contributed by atoms with van der Waals surface area (Å²) in [5.41, 5.74) is 5.66. The Balaban J connectivity index is 2.04. The number of carbonyl (C=O) groups is 1. The minimum Gasteiger partial charge on any atom is -0.336 e. The molecule has 0 bridgehead atoms. The molecule has 2 aliphatic heterocycles. The summed E-state index contributed by atoms with van der Waals surface area (Å²) < 4.78 is 0. The van der Waals surface area contributed by atoms with Crippen molar-refractivity contribution < 1.29 is 4.79 Å². The second kappa shape index (κ2) is 4.10. The number of carbonyl (C=O) groups excluding carboxylic acids is 1. The van der Waals surface area contributed by atoms with Gasteiger partial charge in [0.05, 0.1) is 6.04 Å². The van der Waals surface area contributed by atoms with E-state index in [9.17, 15) is 4.79 Å². The number of hydrogen-bond donors (Lipinski definition) is 1. The van der Waals surface area contributed by atoms with Gasteiger partial charge in [-0.2, -0.15) is 0 Å². The molecule has 3 atom stereocenters. The van der Waals surface area contributed by atoms with E-state index >= 15 is 0 Å². The van der Waals surface area contributed by atoms with Crippen LogP contribution in [0.4, 0.5) is 0 Å². The lowest BCUT2D eigenvalue weighted by atomic mass is 10.1. The molecule has 0 aromatic carbocycles. The minimum atomic E-state index is -0.361. The molecule has 0 saturated carbocycles. The van der Waals surface area contributed by atoms with Gasteiger partial charge in [-0.1, -0.05) is 0 Å². The van der Waals surface area contributed by atoms with Crippen molar-refractivity contribution in [1.29, 1.82) is 0 Å². The summed E-state index contributed by atoms with van der Waals surface area (Å²) in [5, 5.41) is 0. The standard InChI is InChI=1S/C11H21N3O/c1-8-6-13-5-3-4-10(13)7-14(8)11(15)9(2)12/h8-10H,3-7,12H2,1-2H3. The zero-order chi connectivity index (χ0) is 11.0. The highest BCUT2D eigenvalue weighted by Gasteiger charge is 2.36. The highest BCUT2D eigenvalue weighted by atomic mass is 16.2. The maximum atomic E-state index is 11.9. The second-order valence-electron chi connectivity index (χ2n) is 4.92. The van der Waals surface area contributed by atoms with Gasteiger partial charge in [0.15, 0.2) is 0 Å². The molecular weight excluding hydrogens is 190 g/mol. The Morgan fingerprint density at radius 1 is 1.47 bits per heavy atom. The molecule has 15 heavy (non-hydrogen) atoms. The third-order valence-corrected chi connectivity index (χ3v) is 3.61. The molecule has 2 heterocycles. The maximum Gasteiger partial charge on any atom is 0.239 e. The van der Waals surface area contributed by atoms with E-state index in [0.29, 0.717) is 12.1 Å². The fraction of sp³-hybridized carbons (Fsp3) is 0.909. The molecule has 1 amide bonds. The molecule has 2 fully saturated rings. The highest BCUT2D eigenvalue weighted by Crippen LogP contribution is 2.24. The average Bonchev–Trinajstić information content (AvgIpc) is 2.62. The summed E-state index contributed by atoms with van der Waals surface area (Å²) in [6.07, 6.45) is 2.51. The summed E-state index contributed by atoms with van der Waals surface area (Å²) in [6.45, 7) is 6.99. The Morgan fingerprint density at radius 3 is 2.87 bits per heavy atom. The van der Waals surface area contributed by atoms with Gasteiger partial charge in [0.25, 0.3) is 0 Å². The molecule has 2 N–H and O–H groups in total. The van der Waals surface area contributed by atoms with E-state index in [0.717, 1.165) is 13.1 Å². The molecule has 0 radical (unpaired) electrons. The van der Waals surface area contributed by atoms with Crippen molar-refractivity contribution in [3.05, 3.63) is 0 Å². The van der Waals surface area contributed by atoms with Crippen LogP contribution in [0, 0.1) is 0 Å². The maximum absolute atomic E-state index is 11.9. The van der Waals surface area contributed by atoms with E-state index in [4.69, 9.17) is 5.73 Å². The van der Waals surface area contributed by atoms with Gasteiger partial charge in [-0.15, -0.1) is 0 Å². The number of rotatable bonds is 1. The van der Waals surface area contributed by atoms with Crippen LogP contribution in [0.15, 0.2) is 0 Å². The Morgan fingerprint density at radius 2 is 2.20 bits per heavy atom. The molecule has 4 nitrogen and oxygen atoms in total. The van der Waals surface area contributed by atoms with Gasteiger partial charge < -0.3 is 10.6 Å². The average molecular weight is 211 g/mol. The zero-order valence-electron chi connectivity index (χ0n) is 9.65. The first-order valence-electron chi connectivity index (χ1n) is 5.89. The molecular formula is C11H21N3O. The van der Waals surface area contributed by atoms with E-state index < -0.39 is 0 Å². The smallest absolute Gasteiger partial charge is 0.239 e. The number of piperazine rings is 1. The zero-order valence-corrected chi connectivity index (χ0v) is 9.65. The molecule has 2 saturated heterocycles. The van der Waals surface area contributed by atoms with Crippen molar-refractivity contribution in [1.82, 2.24) is 9.80 Å². The molecule has 4 heteroatoms. The quantitative estimate of drug-likeness (QED) is 0.665. The van der Waals surface area contributed by atoms with Gasteiger partial charge in [-0.25, -0.2) is 0 Å². The van der Waals surface area contributed by atoms with Crippen molar-refractivity contribution in [2.24, 2.45) is 5.73 Å². The summed E-state index contributed by atoms with van der Waals surface area (Å²) in [6, 6.07) is 0.544. The number of amides is 1. The molecule has 0 aromatic rings. The van der Waals surface area contributed by atoms with Crippen LogP contribution in [0.1, 0.15) is 26.7 Å². The minimum absolute atomic E-state index is 0.106. The van der Waals surface area contributed by atoms with Gasteiger partial charge in [0.1, 0.15) is 0 Å². The summed E-state index contributed by atoms with van der Waals surface area (Å²) in [4.78, 5) is 16.4. The van der Waals surface area contributed by atoms with Gasteiger partial charge >= 0.3 is 0 Å². The Bertz CT molecular complexity index is 254. The molecule has 86 valence electrons. The van der Waals surface area contributed by atoms with Crippen molar-refractivity contribution in [2.75, 3.05) is 19.6 Å². The predicted octanol–water partition coefficient (Wildman–Crippen LogP) is 0.0287. The van der Waals surface area contributed by atoms with Crippen LogP contribution < -0.4 is 5.73 Å². The van der Waals surface area contributed by atoms with Gasteiger partial charge in [0.2, 0.25) is 5.91 Å². The van der Waals surface area contributed by atoms with Gasteiger partial charge in [0, 0.05) is 25.2 Å². The summed E-state index contributed by atoms with van der Waals surface area (Å²) in [7, 11) is 0. The van der Waals surface area contributed by atoms with Crippen LogP contribution in [0.3, 0.4) is 0 Å². The third kappa shape index (κ3) is 2.01. The van der Waals surface area contributed by atoms with Crippen molar-refractivity contribution in [2.45, 2.75) is 44.8 Å². The number of fused-ring (bicyclic) bond motifs is 1. The fourth-order valence-electron chi connectivity index (χ4n) is 2.76. The SMILES string of the molecule is CC(N)C(=O)N1CC2CCCN2CC1C. The Kier molecular flexibility index (Phi) is 2.98. The second-order valence-corrected chi connectivity index (χ2v) is 4.92. The van der Waals surface area contributed by atoms with Crippen LogP contribution in [0.2, 0.25) is 0 Å².